The third-order valence-corrected chi connectivity index (χ3v) is 4.55. The average Bonchev–Trinajstić information content (AvgIpc) is 3.17. The monoisotopic (exact) mass is 365 g/mol. The number of nitrogens with zero attached hydrogens (tertiary/aromatic N) is 4. The minimum absolute atomic E-state index is 0.135. The summed E-state index contributed by atoms with van der Waals surface area (Å²) in [5.74, 6) is 0.455. The normalized spacial score (nSPS) is 10.8. The lowest BCUT2D eigenvalue weighted by molar-refractivity contribution is -0.114. The van der Waals surface area contributed by atoms with Crippen LogP contribution in [-0.4, -0.2) is 25.7 Å². The number of benzene rings is 2. The van der Waals surface area contributed by atoms with Crippen molar-refractivity contribution < 1.29 is 4.79 Å². The third kappa shape index (κ3) is 3.20. The molecule has 0 radical (unpaired) electrons. The Balaban J connectivity index is 1.61. The standard InChI is InChI=1S/C17H15N7OS/c1-10(25)19-11-5-4-6-12(9-11)20-16-22-15(18)24(23-16)17-21-13-7-2-3-8-14(13)26-17/h2-9H,1H3,(H,19,25)(H3,18,20,22,23). The van der Waals surface area contributed by atoms with Gasteiger partial charge >= 0.3 is 0 Å². The lowest BCUT2D eigenvalue weighted by atomic mass is 10.3. The summed E-state index contributed by atoms with van der Waals surface area (Å²) in [4.78, 5) is 20.0. The number of nitrogens with one attached hydrogen (secondary N) is 2. The molecule has 0 aliphatic heterocycles. The molecule has 0 spiro atoms. The van der Waals surface area contributed by atoms with Gasteiger partial charge in [0.25, 0.3) is 0 Å². The summed E-state index contributed by atoms with van der Waals surface area (Å²) in [6.07, 6.45) is 0. The highest BCUT2D eigenvalue weighted by molar-refractivity contribution is 7.20. The number of anilines is 4. The number of aromatic nitrogens is 4. The van der Waals surface area contributed by atoms with Gasteiger partial charge in [-0.2, -0.15) is 9.67 Å². The highest BCUT2D eigenvalue weighted by atomic mass is 32.1. The van der Waals surface area contributed by atoms with Crippen molar-refractivity contribution in [1.82, 2.24) is 19.7 Å². The van der Waals surface area contributed by atoms with Crippen LogP contribution in [0.4, 0.5) is 23.3 Å². The van der Waals surface area contributed by atoms with E-state index in [0.717, 1.165) is 15.9 Å². The largest absolute Gasteiger partial charge is 0.368 e. The number of fused-ring (bicyclic) bond motifs is 1. The molecule has 2 heterocycles. The van der Waals surface area contributed by atoms with Crippen LogP contribution in [0.2, 0.25) is 0 Å². The van der Waals surface area contributed by atoms with Crippen LogP contribution in [0, 0.1) is 0 Å². The Morgan fingerprint density at radius 3 is 2.73 bits per heavy atom. The second-order valence-corrected chi connectivity index (χ2v) is 6.57. The zero-order chi connectivity index (χ0) is 18.1. The number of amides is 1. The smallest absolute Gasteiger partial charge is 0.248 e. The van der Waals surface area contributed by atoms with Crippen LogP contribution in [-0.2, 0) is 4.79 Å². The first-order valence-corrected chi connectivity index (χ1v) is 8.63. The summed E-state index contributed by atoms with van der Waals surface area (Å²) in [6.45, 7) is 1.46. The number of rotatable bonds is 4. The van der Waals surface area contributed by atoms with Crippen molar-refractivity contribution >= 4 is 50.7 Å². The van der Waals surface area contributed by atoms with Crippen molar-refractivity contribution in [3.05, 3.63) is 48.5 Å². The first-order chi connectivity index (χ1) is 12.6. The van der Waals surface area contributed by atoms with Crippen LogP contribution >= 0.6 is 11.3 Å². The predicted molar refractivity (Wildman–Crippen MR) is 103 cm³/mol. The Bertz CT molecular complexity index is 1070. The summed E-state index contributed by atoms with van der Waals surface area (Å²) in [5, 5.41) is 10.9. The van der Waals surface area contributed by atoms with E-state index in [1.54, 1.807) is 12.1 Å². The molecular weight excluding hydrogens is 350 g/mol. The second-order valence-electron chi connectivity index (χ2n) is 5.56. The molecule has 4 rings (SSSR count). The summed E-state index contributed by atoms with van der Waals surface area (Å²) in [6, 6.07) is 15.1. The molecule has 0 saturated carbocycles. The topological polar surface area (TPSA) is 111 Å². The molecule has 0 fully saturated rings. The highest BCUT2D eigenvalue weighted by Gasteiger charge is 2.13. The van der Waals surface area contributed by atoms with Crippen molar-refractivity contribution in [1.29, 1.82) is 0 Å². The molecule has 26 heavy (non-hydrogen) atoms. The Labute approximate surface area is 152 Å². The quantitative estimate of drug-likeness (QED) is 0.512. The van der Waals surface area contributed by atoms with Gasteiger partial charge < -0.3 is 16.4 Å². The SMILES string of the molecule is CC(=O)Nc1cccc(Nc2nc(N)n(-c3nc4ccccc4s3)n2)c1. The maximum atomic E-state index is 11.2. The minimum Gasteiger partial charge on any atom is -0.368 e. The summed E-state index contributed by atoms with van der Waals surface area (Å²) in [5.41, 5.74) is 8.31. The number of hydrogen-bond acceptors (Lipinski definition) is 7. The first kappa shape index (κ1) is 16.0. The Morgan fingerprint density at radius 2 is 1.92 bits per heavy atom. The first-order valence-electron chi connectivity index (χ1n) is 7.82. The van der Waals surface area contributed by atoms with E-state index in [1.807, 2.05) is 36.4 Å². The van der Waals surface area contributed by atoms with E-state index in [2.05, 4.69) is 25.7 Å². The second kappa shape index (κ2) is 6.45. The van der Waals surface area contributed by atoms with Gasteiger partial charge in [-0.05, 0) is 30.3 Å². The fraction of sp³-hybridized carbons (Fsp3) is 0.0588. The van der Waals surface area contributed by atoms with E-state index >= 15 is 0 Å². The Morgan fingerprint density at radius 1 is 1.12 bits per heavy atom. The number of para-hydroxylation sites is 1. The maximum Gasteiger partial charge on any atom is 0.248 e. The molecule has 130 valence electrons. The van der Waals surface area contributed by atoms with Gasteiger partial charge in [-0.25, -0.2) is 4.98 Å². The molecule has 0 atom stereocenters. The molecule has 0 aliphatic carbocycles. The van der Waals surface area contributed by atoms with Crippen molar-refractivity contribution in [2.75, 3.05) is 16.4 Å². The molecule has 4 N–H and O–H groups in total. The fourth-order valence-electron chi connectivity index (χ4n) is 2.48. The Hall–Kier alpha value is -3.46. The van der Waals surface area contributed by atoms with Gasteiger partial charge in [0, 0.05) is 18.3 Å². The van der Waals surface area contributed by atoms with Gasteiger partial charge in [-0.3, -0.25) is 4.79 Å². The van der Waals surface area contributed by atoms with Gasteiger partial charge in [0.05, 0.1) is 10.2 Å². The van der Waals surface area contributed by atoms with Crippen molar-refractivity contribution in [2.24, 2.45) is 0 Å². The van der Waals surface area contributed by atoms with E-state index < -0.39 is 0 Å². The van der Waals surface area contributed by atoms with Crippen molar-refractivity contribution in [2.45, 2.75) is 6.92 Å². The number of nitrogen functional groups attached to an aromatic ring is 1. The zero-order valence-electron chi connectivity index (χ0n) is 13.8. The van der Waals surface area contributed by atoms with E-state index in [-0.39, 0.29) is 11.9 Å². The van der Waals surface area contributed by atoms with Crippen LogP contribution in [0.3, 0.4) is 0 Å². The lowest BCUT2D eigenvalue weighted by Crippen LogP contribution is -2.05. The average molecular weight is 365 g/mol. The van der Waals surface area contributed by atoms with Crippen LogP contribution in [0.25, 0.3) is 15.3 Å². The summed E-state index contributed by atoms with van der Waals surface area (Å²) >= 11 is 1.49. The van der Waals surface area contributed by atoms with Crippen LogP contribution in [0.5, 0.6) is 0 Å². The number of thiazole rings is 1. The van der Waals surface area contributed by atoms with E-state index in [4.69, 9.17) is 5.73 Å². The van der Waals surface area contributed by atoms with Gasteiger partial charge in [-0.15, -0.1) is 5.10 Å². The third-order valence-electron chi connectivity index (χ3n) is 3.54. The summed E-state index contributed by atoms with van der Waals surface area (Å²) < 4.78 is 2.56. The molecule has 0 saturated heterocycles. The molecule has 2 aromatic carbocycles. The van der Waals surface area contributed by atoms with E-state index in [1.165, 1.54) is 22.9 Å². The molecule has 0 bridgehead atoms. The molecule has 0 aliphatic rings. The van der Waals surface area contributed by atoms with Crippen LogP contribution in [0.15, 0.2) is 48.5 Å². The van der Waals surface area contributed by atoms with Gasteiger partial charge in [-0.1, -0.05) is 29.5 Å². The highest BCUT2D eigenvalue weighted by Crippen LogP contribution is 2.26. The van der Waals surface area contributed by atoms with Gasteiger partial charge in [0.2, 0.25) is 22.9 Å². The fourth-order valence-corrected chi connectivity index (χ4v) is 3.40. The minimum atomic E-state index is -0.135. The predicted octanol–water partition coefficient (Wildman–Crippen LogP) is 3.16. The van der Waals surface area contributed by atoms with Crippen LogP contribution < -0.4 is 16.4 Å². The van der Waals surface area contributed by atoms with Crippen molar-refractivity contribution in [3.8, 4) is 5.13 Å². The lowest BCUT2D eigenvalue weighted by Gasteiger charge is -2.05. The summed E-state index contributed by atoms with van der Waals surface area (Å²) in [7, 11) is 0. The Kier molecular flexibility index (Phi) is 3.98. The van der Waals surface area contributed by atoms with Crippen molar-refractivity contribution in [3.63, 3.8) is 0 Å². The van der Waals surface area contributed by atoms with E-state index in [9.17, 15) is 4.79 Å². The molecular formula is C17H15N7OS. The zero-order valence-corrected chi connectivity index (χ0v) is 14.6. The molecule has 0 unspecified atom stereocenters. The number of hydrogen-bond donors (Lipinski definition) is 3. The molecule has 9 heteroatoms. The van der Waals surface area contributed by atoms with Crippen LogP contribution in [0.1, 0.15) is 6.92 Å². The number of carbonyl (C=O) groups is 1. The van der Waals surface area contributed by atoms with Gasteiger partial charge in [0.15, 0.2) is 0 Å². The van der Waals surface area contributed by atoms with E-state index in [0.29, 0.717) is 16.8 Å². The maximum absolute atomic E-state index is 11.2. The number of carbonyl (C=O) groups excluding carboxylic acids is 1. The van der Waals surface area contributed by atoms with Gasteiger partial charge in [0.1, 0.15) is 0 Å². The number of nitrogens with two attached hydrogens (primary N) is 1. The molecule has 4 aromatic rings. The molecule has 1 amide bonds. The molecule has 8 nitrogen and oxygen atoms in total. The molecule has 2 aromatic heterocycles.